The lowest BCUT2D eigenvalue weighted by atomic mass is 10.1. The van der Waals surface area contributed by atoms with Gasteiger partial charge in [0.05, 0.1) is 5.54 Å². The number of amides is 1. The Hall–Kier alpha value is -2.13. The second-order valence-corrected chi connectivity index (χ2v) is 6.02. The Labute approximate surface area is 133 Å². The molecule has 0 bridgehead atoms. The molecule has 0 aliphatic carbocycles. The molecule has 1 unspecified atom stereocenters. The fourth-order valence-corrected chi connectivity index (χ4v) is 2.36. The van der Waals surface area contributed by atoms with Crippen LogP contribution in [0.25, 0.3) is 11.1 Å². The summed E-state index contributed by atoms with van der Waals surface area (Å²) < 4.78 is 11.0. The van der Waals surface area contributed by atoms with Crippen LogP contribution in [-0.2, 0) is 4.79 Å². The maximum atomic E-state index is 12.3. The van der Waals surface area contributed by atoms with E-state index in [1.807, 2.05) is 32.0 Å². The first kappa shape index (κ1) is 16.2. The largest absolute Gasteiger partial charge is 0.425 e. The van der Waals surface area contributed by atoms with E-state index in [4.69, 9.17) is 9.15 Å². The number of aromatic nitrogens is 1. The van der Waals surface area contributed by atoms with E-state index < -0.39 is 11.0 Å². The summed E-state index contributed by atoms with van der Waals surface area (Å²) in [5, 5.41) is 2.83. The fourth-order valence-electron chi connectivity index (χ4n) is 1.91. The van der Waals surface area contributed by atoms with Crippen LogP contribution in [0, 0.1) is 11.8 Å². The molecule has 2 rings (SSSR count). The van der Waals surface area contributed by atoms with Gasteiger partial charge in [0.2, 0.25) is 5.44 Å². The number of thioether (sulfide) groups is 1. The highest BCUT2D eigenvalue weighted by atomic mass is 32.2. The molecule has 1 atom stereocenters. The van der Waals surface area contributed by atoms with E-state index >= 15 is 0 Å². The summed E-state index contributed by atoms with van der Waals surface area (Å²) in [4.78, 5) is 16.5. The van der Waals surface area contributed by atoms with Crippen molar-refractivity contribution in [3.8, 4) is 17.9 Å². The highest BCUT2D eigenvalue weighted by Gasteiger charge is 2.26. The Bertz CT molecular complexity index is 695. The molecule has 0 aliphatic heterocycles. The predicted molar refractivity (Wildman–Crippen MR) is 87.6 cm³/mol. The summed E-state index contributed by atoms with van der Waals surface area (Å²) in [6.07, 6.45) is 1.86. The molecule has 6 heteroatoms. The van der Waals surface area contributed by atoms with Crippen molar-refractivity contribution in [1.82, 2.24) is 10.3 Å². The number of fused-ring (bicyclic) bond motifs is 1. The van der Waals surface area contributed by atoms with Crippen molar-refractivity contribution in [3.05, 3.63) is 24.3 Å². The fraction of sp³-hybridized carbons (Fsp3) is 0.375. The number of carbonyl (C=O) groups is 1. The highest BCUT2D eigenvalue weighted by Crippen LogP contribution is 2.23. The zero-order valence-corrected chi connectivity index (χ0v) is 13.8. The molecular formula is C16H18N2O3S. The smallest absolute Gasteiger partial charge is 0.396 e. The minimum Gasteiger partial charge on any atom is -0.425 e. The van der Waals surface area contributed by atoms with Crippen LogP contribution >= 0.6 is 11.8 Å². The van der Waals surface area contributed by atoms with E-state index in [0.29, 0.717) is 11.1 Å². The van der Waals surface area contributed by atoms with Gasteiger partial charge in [-0.15, -0.1) is 17.7 Å². The molecule has 0 saturated heterocycles. The SMILES string of the molecule is CC#CC(C)(C)NC(=O)C(Oc1nc2ccccc2o1)SC. The number of nitrogens with one attached hydrogen (secondary N) is 1. The number of hydrogen-bond acceptors (Lipinski definition) is 5. The minimum absolute atomic E-state index is 0.0788. The quantitative estimate of drug-likeness (QED) is 0.678. The van der Waals surface area contributed by atoms with Gasteiger partial charge in [-0.1, -0.05) is 18.1 Å². The van der Waals surface area contributed by atoms with Crippen LogP contribution in [0.2, 0.25) is 0 Å². The molecule has 2 aromatic rings. The summed E-state index contributed by atoms with van der Waals surface area (Å²) in [7, 11) is 0. The third-order valence-electron chi connectivity index (χ3n) is 2.78. The number of nitrogens with zero attached hydrogens (tertiary/aromatic N) is 1. The molecule has 0 saturated carbocycles. The maximum absolute atomic E-state index is 12.3. The van der Waals surface area contributed by atoms with Crippen molar-refractivity contribution in [1.29, 1.82) is 0 Å². The van der Waals surface area contributed by atoms with Gasteiger partial charge in [0.15, 0.2) is 5.58 Å². The van der Waals surface area contributed by atoms with E-state index in [1.54, 1.807) is 19.2 Å². The Morgan fingerprint density at radius 1 is 1.45 bits per heavy atom. The molecule has 0 aliphatic rings. The molecule has 0 radical (unpaired) electrons. The average molecular weight is 318 g/mol. The lowest BCUT2D eigenvalue weighted by Crippen LogP contribution is -2.47. The van der Waals surface area contributed by atoms with Gasteiger partial charge in [-0.05, 0) is 39.2 Å². The summed E-state index contributed by atoms with van der Waals surface area (Å²) >= 11 is 1.26. The van der Waals surface area contributed by atoms with E-state index in [2.05, 4.69) is 22.1 Å². The minimum atomic E-state index is -0.758. The predicted octanol–water partition coefficient (Wildman–Crippen LogP) is 2.81. The van der Waals surface area contributed by atoms with Crippen LogP contribution in [0.5, 0.6) is 6.08 Å². The molecular weight excluding hydrogens is 300 g/mol. The first-order chi connectivity index (χ1) is 10.4. The first-order valence-corrected chi connectivity index (χ1v) is 8.05. The highest BCUT2D eigenvalue weighted by molar-refractivity contribution is 7.99. The second kappa shape index (κ2) is 6.75. The normalized spacial score (nSPS) is 12.4. The van der Waals surface area contributed by atoms with Crippen molar-refractivity contribution in [3.63, 3.8) is 0 Å². The third-order valence-corrected chi connectivity index (χ3v) is 3.52. The van der Waals surface area contributed by atoms with Gasteiger partial charge in [0.1, 0.15) is 5.52 Å². The Morgan fingerprint density at radius 3 is 2.82 bits per heavy atom. The van der Waals surface area contributed by atoms with Gasteiger partial charge in [-0.2, -0.15) is 4.98 Å². The first-order valence-electron chi connectivity index (χ1n) is 6.76. The maximum Gasteiger partial charge on any atom is 0.396 e. The van der Waals surface area contributed by atoms with Crippen molar-refractivity contribution in [2.45, 2.75) is 31.7 Å². The van der Waals surface area contributed by atoms with Gasteiger partial charge < -0.3 is 14.5 Å². The molecule has 0 fully saturated rings. The number of ether oxygens (including phenoxy) is 1. The number of rotatable bonds is 5. The van der Waals surface area contributed by atoms with E-state index in [9.17, 15) is 4.79 Å². The molecule has 1 amide bonds. The van der Waals surface area contributed by atoms with Crippen molar-refractivity contribution in [2.24, 2.45) is 0 Å². The van der Waals surface area contributed by atoms with Crippen LogP contribution in [-0.4, -0.2) is 28.1 Å². The summed E-state index contributed by atoms with van der Waals surface area (Å²) in [5.41, 5.74) is -0.0688. The molecule has 5 nitrogen and oxygen atoms in total. The van der Waals surface area contributed by atoms with Crippen LogP contribution in [0.3, 0.4) is 0 Å². The molecule has 1 aromatic heterocycles. The number of benzene rings is 1. The zero-order valence-electron chi connectivity index (χ0n) is 13.0. The zero-order chi connectivity index (χ0) is 16.2. The van der Waals surface area contributed by atoms with Crippen molar-refractivity contribution in [2.75, 3.05) is 6.26 Å². The summed E-state index contributed by atoms with van der Waals surface area (Å²) in [6, 6.07) is 7.32. The number of para-hydroxylation sites is 2. The lowest BCUT2D eigenvalue weighted by Gasteiger charge is -2.22. The van der Waals surface area contributed by atoms with Crippen molar-refractivity contribution < 1.29 is 13.9 Å². The van der Waals surface area contributed by atoms with Crippen LogP contribution in [0.1, 0.15) is 20.8 Å². The number of oxazole rings is 1. The average Bonchev–Trinajstić information content (AvgIpc) is 2.86. The Morgan fingerprint density at radius 2 is 2.18 bits per heavy atom. The summed E-state index contributed by atoms with van der Waals surface area (Å²) in [6.45, 7) is 5.39. The van der Waals surface area contributed by atoms with Crippen LogP contribution < -0.4 is 10.1 Å². The third kappa shape index (κ3) is 3.95. The summed E-state index contributed by atoms with van der Waals surface area (Å²) in [5.74, 6) is 5.45. The molecule has 1 heterocycles. The topological polar surface area (TPSA) is 64.4 Å². The standard InChI is InChI=1S/C16H18N2O3S/c1-5-10-16(2,3)18-13(19)14(22-4)21-15-17-11-8-6-7-9-12(11)20-15/h6-9,14H,1-4H3,(H,18,19). The lowest BCUT2D eigenvalue weighted by molar-refractivity contribution is -0.126. The van der Waals surface area contributed by atoms with Crippen molar-refractivity contribution >= 4 is 28.8 Å². The molecule has 1 N–H and O–H groups in total. The second-order valence-electron chi connectivity index (χ2n) is 5.12. The number of carbonyl (C=O) groups excluding carboxylic acids is 1. The van der Waals surface area contributed by atoms with E-state index in [-0.39, 0.29) is 12.0 Å². The molecule has 1 aromatic carbocycles. The van der Waals surface area contributed by atoms with Gasteiger partial charge in [0.25, 0.3) is 5.91 Å². The van der Waals surface area contributed by atoms with Gasteiger partial charge in [0, 0.05) is 0 Å². The number of hydrogen-bond donors (Lipinski definition) is 1. The monoisotopic (exact) mass is 318 g/mol. The van der Waals surface area contributed by atoms with E-state index in [1.165, 1.54) is 11.8 Å². The van der Waals surface area contributed by atoms with Gasteiger partial charge in [-0.3, -0.25) is 4.79 Å². The molecule has 0 spiro atoms. The Kier molecular flexibility index (Phi) is 4.99. The van der Waals surface area contributed by atoms with Gasteiger partial charge in [-0.25, -0.2) is 0 Å². The van der Waals surface area contributed by atoms with Crippen LogP contribution in [0.15, 0.2) is 28.7 Å². The van der Waals surface area contributed by atoms with Crippen LogP contribution in [0.4, 0.5) is 0 Å². The molecule has 22 heavy (non-hydrogen) atoms. The molecule has 116 valence electrons. The Balaban J connectivity index is 2.10. The van der Waals surface area contributed by atoms with E-state index in [0.717, 1.165) is 0 Å². The van der Waals surface area contributed by atoms with Gasteiger partial charge >= 0.3 is 6.08 Å².